The van der Waals surface area contributed by atoms with Gasteiger partial charge in [-0.1, -0.05) is 43.2 Å². The first-order chi connectivity index (χ1) is 14.5. The lowest BCUT2D eigenvalue weighted by molar-refractivity contribution is 0.0984. The average molecular weight is 426 g/mol. The van der Waals surface area contributed by atoms with Crippen molar-refractivity contribution in [1.29, 1.82) is 0 Å². The number of fused-ring (bicyclic) bond motifs is 1. The minimum absolute atomic E-state index is 0.0494. The molecule has 160 valence electrons. The number of thiazole rings is 1. The molecule has 0 radical (unpaired) electrons. The number of benzene rings is 2. The molecule has 0 saturated carbocycles. The van der Waals surface area contributed by atoms with E-state index in [0.717, 1.165) is 46.9 Å². The molecule has 0 saturated heterocycles. The molecule has 0 unspecified atom stereocenters. The highest BCUT2D eigenvalue weighted by Crippen LogP contribution is 2.30. The number of rotatable bonds is 10. The number of ether oxygens (including phenoxy) is 1. The zero-order valence-electron chi connectivity index (χ0n) is 18.4. The predicted molar refractivity (Wildman–Crippen MR) is 126 cm³/mol. The van der Waals surface area contributed by atoms with Crippen molar-refractivity contribution in [3.63, 3.8) is 0 Å². The SMILES string of the molecule is CCCCCOc1cccc(C(=O)N(CCN(C)C)c2nc3ccc(C)cc3s2)c1. The highest BCUT2D eigenvalue weighted by atomic mass is 32.1. The third-order valence-electron chi connectivity index (χ3n) is 4.88. The van der Waals surface area contributed by atoms with E-state index < -0.39 is 0 Å². The van der Waals surface area contributed by atoms with Crippen molar-refractivity contribution in [3.8, 4) is 5.75 Å². The van der Waals surface area contributed by atoms with Gasteiger partial charge in [-0.15, -0.1) is 0 Å². The lowest BCUT2D eigenvalue weighted by Gasteiger charge is -2.22. The Labute approximate surface area is 183 Å². The quantitative estimate of drug-likeness (QED) is 0.409. The lowest BCUT2D eigenvalue weighted by Crippen LogP contribution is -2.36. The van der Waals surface area contributed by atoms with E-state index in [-0.39, 0.29) is 5.91 Å². The molecule has 1 aromatic heterocycles. The Morgan fingerprint density at radius 2 is 1.93 bits per heavy atom. The Balaban J connectivity index is 1.84. The summed E-state index contributed by atoms with van der Waals surface area (Å²) in [6.45, 7) is 6.25. The van der Waals surface area contributed by atoms with E-state index in [1.165, 1.54) is 5.56 Å². The van der Waals surface area contributed by atoms with Crippen LogP contribution in [0.2, 0.25) is 0 Å². The number of likely N-dealkylation sites (N-methyl/N-ethyl adjacent to an activating group) is 1. The molecule has 1 heterocycles. The van der Waals surface area contributed by atoms with Crippen LogP contribution in [0.1, 0.15) is 42.1 Å². The summed E-state index contributed by atoms with van der Waals surface area (Å²) in [5.41, 5.74) is 2.74. The molecule has 3 rings (SSSR count). The first-order valence-electron chi connectivity index (χ1n) is 10.5. The third-order valence-corrected chi connectivity index (χ3v) is 5.92. The maximum Gasteiger partial charge on any atom is 0.260 e. The van der Waals surface area contributed by atoms with Crippen LogP contribution in [0.3, 0.4) is 0 Å². The summed E-state index contributed by atoms with van der Waals surface area (Å²) >= 11 is 1.56. The van der Waals surface area contributed by atoms with Crippen LogP contribution in [-0.2, 0) is 0 Å². The zero-order valence-corrected chi connectivity index (χ0v) is 19.2. The number of aromatic nitrogens is 1. The lowest BCUT2D eigenvalue weighted by atomic mass is 10.2. The first kappa shape index (κ1) is 22.2. The number of carbonyl (C=O) groups is 1. The monoisotopic (exact) mass is 425 g/mol. The van der Waals surface area contributed by atoms with Gasteiger partial charge in [-0.2, -0.15) is 0 Å². The Morgan fingerprint density at radius 1 is 1.10 bits per heavy atom. The summed E-state index contributed by atoms with van der Waals surface area (Å²) in [7, 11) is 4.02. The maximum atomic E-state index is 13.4. The smallest absolute Gasteiger partial charge is 0.260 e. The Kier molecular flexibility index (Phi) is 7.82. The van der Waals surface area contributed by atoms with E-state index in [9.17, 15) is 4.79 Å². The molecule has 0 aliphatic rings. The number of hydrogen-bond donors (Lipinski definition) is 0. The van der Waals surface area contributed by atoms with E-state index in [4.69, 9.17) is 9.72 Å². The Morgan fingerprint density at radius 3 is 2.70 bits per heavy atom. The van der Waals surface area contributed by atoms with Gasteiger partial charge in [-0.3, -0.25) is 9.69 Å². The predicted octanol–water partition coefficient (Wildman–Crippen LogP) is 5.38. The topological polar surface area (TPSA) is 45.7 Å². The second-order valence-electron chi connectivity index (χ2n) is 7.81. The van der Waals surface area contributed by atoms with Crippen molar-refractivity contribution >= 4 is 32.6 Å². The third kappa shape index (κ3) is 5.80. The second-order valence-corrected chi connectivity index (χ2v) is 8.82. The van der Waals surface area contributed by atoms with Crippen molar-refractivity contribution in [3.05, 3.63) is 53.6 Å². The molecule has 0 aliphatic carbocycles. The molecule has 0 fully saturated rings. The molecule has 3 aromatic rings. The van der Waals surface area contributed by atoms with Gasteiger partial charge in [0.25, 0.3) is 5.91 Å². The molecule has 0 N–H and O–H groups in total. The summed E-state index contributed by atoms with van der Waals surface area (Å²) in [6.07, 6.45) is 3.33. The number of amides is 1. The maximum absolute atomic E-state index is 13.4. The van der Waals surface area contributed by atoms with Crippen molar-refractivity contribution in [1.82, 2.24) is 9.88 Å². The van der Waals surface area contributed by atoms with Crippen molar-refractivity contribution < 1.29 is 9.53 Å². The first-order valence-corrected chi connectivity index (χ1v) is 11.4. The zero-order chi connectivity index (χ0) is 21.5. The summed E-state index contributed by atoms with van der Waals surface area (Å²) in [5, 5.41) is 0.733. The van der Waals surface area contributed by atoms with Gasteiger partial charge in [0.2, 0.25) is 0 Å². The number of carbonyl (C=O) groups excluding carboxylic acids is 1. The van der Waals surface area contributed by atoms with Crippen LogP contribution >= 0.6 is 11.3 Å². The normalized spacial score (nSPS) is 11.2. The summed E-state index contributed by atoms with van der Waals surface area (Å²) in [5.74, 6) is 0.691. The van der Waals surface area contributed by atoms with Crippen LogP contribution in [0.25, 0.3) is 10.2 Å². The van der Waals surface area contributed by atoms with Gasteiger partial charge < -0.3 is 9.64 Å². The molecule has 2 aromatic carbocycles. The van der Waals surface area contributed by atoms with Gasteiger partial charge in [0.05, 0.1) is 16.8 Å². The molecule has 0 spiro atoms. The number of nitrogens with zero attached hydrogens (tertiary/aromatic N) is 3. The van der Waals surface area contributed by atoms with Gasteiger partial charge in [0.15, 0.2) is 5.13 Å². The van der Waals surface area contributed by atoms with E-state index in [1.54, 1.807) is 16.2 Å². The van der Waals surface area contributed by atoms with Gasteiger partial charge in [0, 0.05) is 18.7 Å². The van der Waals surface area contributed by atoms with Crippen LogP contribution in [0.15, 0.2) is 42.5 Å². The van der Waals surface area contributed by atoms with E-state index in [1.807, 2.05) is 44.4 Å². The van der Waals surface area contributed by atoms with Crippen LogP contribution in [0.5, 0.6) is 5.75 Å². The van der Waals surface area contributed by atoms with Crippen LogP contribution in [0.4, 0.5) is 5.13 Å². The number of unbranched alkanes of at least 4 members (excludes halogenated alkanes) is 2. The number of aryl methyl sites for hydroxylation is 1. The molecular formula is C24H31N3O2S. The number of hydrogen-bond acceptors (Lipinski definition) is 5. The second kappa shape index (κ2) is 10.5. The van der Waals surface area contributed by atoms with Crippen molar-refractivity contribution in [2.75, 3.05) is 38.7 Å². The fourth-order valence-electron chi connectivity index (χ4n) is 3.14. The molecular weight excluding hydrogens is 394 g/mol. The molecule has 0 aliphatic heterocycles. The van der Waals surface area contributed by atoms with E-state index >= 15 is 0 Å². The molecule has 1 amide bonds. The van der Waals surface area contributed by atoms with Gasteiger partial charge in [-0.05, 0) is 63.3 Å². The molecule has 30 heavy (non-hydrogen) atoms. The highest BCUT2D eigenvalue weighted by molar-refractivity contribution is 7.22. The molecule has 0 bridgehead atoms. The summed E-state index contributed by atoms with van der Waals surface area (Å²) in [4.78, 5) is 22.1. The van der Waals surface area contributed by atoms with Gasteiger partial charge in [-0.25, -0.2) is 4.98 Å². The van der Waals surface area contributed by atoms with Gasteiger partial charge >= 0.3 is 0 Å². The van der Waals surface area contributed by atoms with Crippen molar-refractivity contribution in [2.24, 2.45) is 0 Å². The fourth-order valence-corrected chi connectivity index (χ4v) is 4.22. The largest absolute Gasteiger partial charge is 0.494 e. The van der Waals surface area contributed by atoms with Crippen LogP contribution in [0, 0.1) is 6.92 Å². The molecule has 6 heteroatoms. The Bertz CT molecular complexity index is 983. The minimum Gasteiger partial charge on any atom is -0.494 e. The summed E-state index contributed by atoms with van der Waals surface area (Å²) < 4.78 is 6.95. The van der Waals surface area contributed by atoms with Gasteiger partial charge in [0.1, 0.15) is 5.75 Å². The summed E-state index contributed by atoms with van der Waals surface area (Å²) in [6, 6.07) is 13.7. The molecule has 0 atom stereocenters. The van der Waals surface area contributed by atoms with Crippen LogP contribution in [-0.4, -0.2) is 49.6 Å². The van der Waals surface area contributed by atoms with E-state index in [2.05, 4.69) is 30.9 Å². The average Bonchev–Trinajstić information content (AvgIpc) is 3.14. The van der Waals surface area contributed by atoms with Crippen molar-refractivity contribution in [2.45, 2.75) is 33.1 Å². The standard InChI is InChI=1S/C24H31N3O2S/c1-5-6-7-15-29-20-10-8-9-19(17-20)23(28)27(14-13-26(3)4)24-25-21-12-11-18(2)16-22(21)30-24/h8-12,16-17H,5-7,13-15H2,1-4H3. The van der Waals surface area contributed by atoms with Crippen LogP contribution < -0.4 is 9.64 Å². The molecule has 5 nitrogen and oxygen atoms in total. The number of anilines is 1. The fraction of sp³-hybridized carbons (Fsp3) is 0.417. The highest BCUT2D eigenvalue weighted by Gasteiger charge is 2.22. The minimum atomic E-state index is -0.0494. The Hall–Kier alpha value is -2.44. The van der Waals surface area contributed by atoms with E-state index in [0.29, 0.717) is 18.7 Å².